The van der Waals surface area contributed by atoms with E-state index >= 15 is 0 Å². The predicted molar refractivity (Wildman–Crippen MR) is 70.0 cm³/mol. The summed E-state index contributed by atoms with van der Waals surface area (Å²) < 4.78 is 1.63. The van der Waals surface area contributed by atoms with E-state index in [0.717, 1.165) is 0 Å². The van der Waals surface area contributed by atoms with E-state index in [4.69, 9.17) is 10.8 Å². The van der Waals surface area contributed by atoms with Crippen molar-refractivity contribution < 1.29 is 19.5 Å². The number of nitrogens with one attached hydrogen (secondary N) is 2. The van der Waals surface area contributed by atoms with Crippen molar-refractivity contribution in [3.8, 4) is 0 Å². The number of nitrogens with two attached hydrogens (primary N) is 1. The predicted octanol–water partition coefficient (Wildman–Crippen LogP) is -0.0859. The topological polar surface area (TPSA) is 139 Å². The van der Waals surface area contributed by atoms with E-state index < -0.39 is 30.4 Å². The molecule has 0 aromatic carbocycles. The lowest BCUT2D eigenvalue weighted by molar-refractivity contribution is -0.140. The molecular formula is C11H17N5O4. The maximum atomic E-state index is 11.6. The monoisotopic (exact) mass is 283 g/mol. The molecule has 0 aliphatic carbocycles. The van der Waals surface area contributed by atoms with Gasteiger partial charge in [-0.25, -0.2) is 9.59 Å². The van der Waals surface area contributed by atoms with E-state index in [1.165, 1.54) is 6.20 Å². The van der Waals surface area contributed by atoms with E-state index in [1.807, 2.05) is 13.8 Å². The number of nitrogens with zero attached hydrogens (tertiary/aromatic N) is 2. The third-order valence-corrected chi connectivity index (χ3v) is 2.40. The zero-order valence-electron chi connectivity index (χ0n) is 11.2. The van der Waals surface area contributed by atoms with Gasteiger partial charge in [0.25, 0.3) is 0 Å². The van der Waals surface area contributed by atoms with Gasteiger partial charge in [-0.1, -0.05) is 0 Å². The zero-order valence-corrected chi connectivity index (χ0v) is 11.2. The van der Waals surface area contributed by atoms with Crippen molar-refractivity contribution in [2.45, 2.75) is 32.4 Å². The van der Waals surface area contributed by atoms with Crippen LogP contribution in [0.4, 0.5) is 10.5 Å². The number of amides is 3. The molecule has 1 atom stereocenters. The molecule has 0 aliphatic rings. The lowest BCUT2D eigenvalue weighted by atomic mass is 10.2. The van der Waals surface area contributed by atoms with Gasteiger partial charge in [0.2, 0.25) is 5.91 Å². The summed E-state index contributed by atoms with van der Waals surface area (Å²) in [6, 6.07) is -1.98. The van der Waals surface area contributed by atoms with Crippen molar-refractivity contribution in [3.63, 3.8) is 0 Å². The van der Waals surface area contributed by atoms with Gasteiger partial charge >= 0.3 is 12.0 Å². The molecule has 0 saturated carbocycles. The highest BCUT2D eigenvalue weighted by molar-refractivity contribution is 5.93. The molecule has 1 aromatic heterocycles. The second kappa shape index (κ2) is 6.55. The van der Waals surface area contributed by atoms with Gasteiger partial charge < -0.3 is 21.5 Å². The van der Waals surface area contributed by atoms with Gasteiger partial charge in [0, 0.05) is 12.2 Å². The summed E-state index contributed by atoms with van der Waals surface area (Å²) in [6.45, 7) is 3.84. The molecule has 0 aliphatic heterocycles. The maximum Gasteiger partial charge on any atom is 0.326 e. The van der Waals surface area contributed by atoms with Crippen LogP contribution in [0.15, 0.2) is 12.4 Å². The van der Waals surface area contributed by atoms with Crippen LogP contribution in [0.3, 0.4) is 0 Å². The quantitative estimate of drug-likeness (QED) is 0.578. The molecule has 0 unspecified atom stereocenters. The first-order valence-corrected chi connectivity index (χ1v) is 5.92. The Labute approximate surface area is 115 Å². The molecule has 9 heteroatoms. The highest BCUT2D eigenvalue weighted by Crippen LogP contribution is 2.09. The van der Waals surface area contributed by atoms with Crippen LogP contribution < -0.4 is 16.4 Å². The van der Waals surface area contributed by atoms with Crippen LogP contribution in [0.25, 0.3) is 0 Å². The second-order valence-corrected chi connectivity index (χ2v) is 4.46. The van der Waals surface area contributed by atoms with Gasteiger partial charge in [-0.05, 0) is 13.8 Å². The molecule has 0 bridgehead atoms. The summed E-state index contributed by atoms with van der Waals surface area (Å²) in [7, 11) is 0. The Morgan fingerprint density at radius 2 is 2.10 bits per heavy atom. The maximum absolute atomic E-state index is 11.6. The number of carbonyl (C=O) groups excluding carboxylic acids is 2. The van der Waals surface area contributed by atoms with Crippen LogP contribution in [-0.2, 0) is 9.59 Å². The van der Waals surface area contributed by atoms with Gasteiger partial charge in [0.15, 0.2) is 0 Å². The SMILES string of the molecule is CC(C)n1cc(NC(=O)N[C@@H](CC(N)=O)C(=O)O)cn1. The van der Waals surface area contributed by atoms with Crippen molar-refractivity contribution in [3.05, 3.63) is 12.4 Å². The van der Waals surface area contributed by atoms with Crippen LogP contribution in [0.2, 0.25) is 0 Å². The molecular weight excluding hydrogens is 266 g/mol. The van der Waals surface area contributed by atoms with Gasteiger partial charge in [-0.15, -0.1) is 0 Å². The zero-order chi connectivity index (χ0) is 15.3. The lowest BCUT2D eigenvalue weighted by Gasteiger charge is -2.12. The second-order valence-electron chi connectivity index (χ2n) is 4.46. The summed E-state index contributed by atoms with van der Waals surface area (Å²) in [4.78, 5) is 33.2. The normalized spacial score (nSPS) is 11.9. The minimum atomic E-state index is -1.37. The molecule has 0 fully saturated rings. The van der Waals surface area contributed by atoms with Gasteiger partial charge in [-0.2, -0.15) is 5.10 Å². The number of anilines is 1. The fraction of sp³-hybridized carbons (Fsp3) is 0.455. The number of hydrogen-bond donors (Lipinski definition) is 4. The molecule has 1 heterocycles. The fourth-order valence-electron chi connectivity index (χ4n) is 1.41. The number of urea groups is 1. The van der Waals surface area contributed by atoms with Crippen LogP contribution in [0.5, 0.6) is 0 Å². The first-order chi connectivity index (χ1) is 9.29. The van der Waals surface area contributed by atoms with Gasteiger partial charge in [0.1, 0.15) is 6.04 Å². The highest BCUT2D eigenvalue weighted by Gasteiger charge is 2.22. The number of primary amides is 1. The fourth-order valence-corrected chi connectivity index (χ4v) is 1.41. The Bertz CT molecular complexity index is 511. The summed E-state index contributed by atoms with van der Waals surface area (Å²) >= 11 is 0. The number of aliphatic carboxylic acids is 1. The van der Waals surface area contributed by atoms with Crippen LogP contribution in [0, 0.1) is 0 Å². The first kappa shape index (κ1) is 15.5. The molecule has 9 nitrogen and oxygen atoms in total. The third kappa shape index (κ3) is 4.59. The molecule has 3 amide bonds. The number of carbonyl (C=O) groups is 3. The van der Waals surface area contributed by atoms with Gasteiger partial charge in [-0.3, -0.25) is 9.48 Å². The Balaban J connectivity index is 2.60. The number of carboxylic acid groups (broad SMARTS) is 1. The van der Waals surface area contributed by atoms with Crippen molar-refractivity contribution in [2.24, 2.45) is 5.73 Å². The van der Waals surface area contributed by atoms with E-state index in [0.29, 0.717) is 5.69 Å². The highest BCUT2D eigenvalue weighted by atomic mass is 16.4. The Morgan fingerprint density at radius 1 is 1.45 bits per heavy atom. The largest absolute Gasteiger partial charge is 0.480 e. The Morgan fingerprint density at radius 3 is 2.55 bits per heavy atom. The molecule has 20 heavy (non-hydrogen) atoms. The molecule has 0 radical (unpaired) electrons. The number of carboxylic acids is 1. The number of hydrogen-bond acceptors (Lipinski definition) is 4. The molecule has 1 rings (SSSR count). The number of aromatic nitrogens is 2. The van der Waals surface area contributed by atoms with Crippen molar-refractivity contribution in [1.29, 1.82) is 0 Å². The van der Waals surface area contributed by atoms with Crippen LogP contribution >= 0.6 is 0 Å². The Kier molecular flexibility index (Phi) is 5.07. The molecule has 1 aromatic rings. The average molecular weight is 283 g/mol. The summed E-state index contributed by atoms with van der Waals surface area (Å²) in [5.41, 5.74) is 5.32. The summed E-state index contributed by atoms with van der Waals surface area (Å²) in [5, 5.41) is 17.4. The smallest absolute Gasteiger partial charge is 0.326 e. The van der Waals surface area contributed by atoms with Gasteiger partial charge in [0.05, 0.1) is 18.3 Å². The van der Waals surface area contributed by atoms with E-state index in [2.05, 4.69) is 15.7 Å². The molecule has 0 spiro atoms. The summed E-state index contributed by atoms with van der Waals surface area (Å²) in [5.74, 6) is -2.15. The van der Waals surface area contributed by atoms with E-state index in [9.17, 15) is 14.4 Å². The Hall–Kier alpha value is -2.58. The van der Waals surface area contributed by atoms with Crippen molar-refractivity contribution in [2.75, 3.05) is 5.32 Å². The first-order valence-electron chi connectivity index (χ1n) is 5.92. The lowest BCUT2D eigenvalue weighted by Crippen LogP contribution is -2.45. The van der Waals surface area contributed by atoms with Crippen LogP contribution in [0.1, 0.15) is 26.3 Å². The number of rotatable bonds is 6. The van der Waals surface area contributed by atoms with Crippen molar-refractivity contribution in [1.82, 2.24) is 15.1 Å². The van der Waals surface area contributed by atoms with E-state index in [1.54, 1.807) is 10.9 Å². The molecule has 0 saturated heterocycles. The molecule has 110 valence electrons. The molecule has 5 N–H and O–H groups in total. The van der Waals surface area contributed by atoms with E-state index in [-0.39, 0.29) is 6.04 Å². The average Bonchev–Trinajstić information content (AvgIpc) is 2.75. The van der Waals surface area contributed by atoms with Crippen LogP contribution in [-0.4, -0.2) is 38.8 Å². The standard InChI is InChI=1S/C11H17N5O4/c1-6(2)16-5-7(4-13-16)14-11(20)15-8(10(18)19)3-9(12)17/h4-6,8H,3H2,1-2H3,(H2,12,17)(H,18,19)(H2,14,15,20)/t8-/m0/s1. The minimum Gasteiger partial charge on any atom is -0.480 e. The summed E-state index contributed by atoms with van der Waals surface area (Å²) in [6.07, 6.45) is 2.56. The van der Waals surface area contributed by atoms with Crippen molar-refractivity contribution >= 4 is 23.6 Å². The third-order valence-electron chi connectivity index (χ3n) is 2.40. The minimum absolute atomic E-state index is 0.134.